The molecule has 0 radical (unpaired) electrons. The average molecular weight is 214 g/mol. The highest BCUT2D eigenvalue weighted by atomic mass is 35.5. The lowest BCUT2D eigenvalue weighted by Crippen LogP contribution is -2.05. The molecule has 1 aromatic carbocycles. The Kier molecular flexibility index (Phi) is 3.78. The van der Waals surface area contributed by atoms with E-state index in [1.54, 1.807) is 7.11 Å². The van der Waals surface area contributed by atoms with E-state index in [9.17, 15) is 0 Å². The number of benzene rings is 1. The summed E-state index contributed by atoms with van der Waals surface area (Å²) >= 11 is 6.08. The molecule has 1 aromatic rings. The summed E-state index contributed by atoms with van der Waals surface area (Å²) in [7, 11) is 1.66. The maximum Gasteiger partial charge on any atom is 0.126 e. The first-order valence-electron chi connectivity index (χ1n) is 4.64. The quantitative estimate of drug-likeness (QED) is 0.837. The molecule has 2 N–H and O–H groups in total. The monoisotopic (exact) mass is 213 g/mol. The first-order chi connectivity index (χ1) is 6.61. The van der Waals surface area contributed by atoms with E-state index < -0.39 is 0 Å². The van der Waals surface area contributed by atoms with Crippen LogP contribution in [0.1, 0.15) is 16.7 Å². The van der Waals surface area contributed by atoms with Gasteiger partial charge in [0, 0.05) is 10.6 Å². The zero-order valence-electron chi connectivity index (χ0n) is 8.86. The van der Waals surface area contributed by atoms with Crippen LogP contribution in [0.3, 0.4) is 0 Å². The number of nitrogens with two attached hydrogens (primary N) is 1. The van der Waals surface area contributed by atoms with Crippen LogP contribution in [-0.2, 0) is 6.42 Å². The lowest BCUT2D eigenvalue weighted by molar-refractivity contribution is 0.408. The topological polar surface area (TPSA) is 35.2 Å². The van der Waals surface area contributed by atoms with Gasteiger partial charge < -0.3 is 10.5 Å². The second-order valence-corrected chi connectivity index (χ2v) is 3.75. The van der Waals surface area contributed by atoms with Gasteiger partial charge in [-0.2, -0.15) is 0 Å². The van der Waals surface area contributed by atoms with Crippen molar-refractivity contribution in [2.45, 2.75) is 20.3 Å². The van der Waals surface area contributed by atoms with Crippen LogP contribution in [0.5, 0.6) is 5.75 Å². The smallest absolute Gasteiger partial charge is 0.126 e. The summed E-state index contributed by atoms with van der Waals surface area (Å²) in [5.74, 6) is 0.876. The predicted octanol–water partition coefficient (Wildman–Crippen LogP) is 2.47. The Labute approximate surface area is 90.0 Å². The van der Waals surface area contributed by atoms with E-state index in [2.05, 4.69) is 0 Å². The molecule has 0 aromatic heterocycles. The predicted molar refractivity (Wildman–Crippen MR) is 60.2 cm³/mol. The Morgan fingerprint density at radius 3 is 2.50 bits per heavy atom. The maximum absolute atomic E-state index is 6.08. The third kappa shape index (κ3) is 2.02. The van der Waals surface area contributed by atoms with Crippen molar-refractivity contribution in [3.8, 4) is 5.75 Å². The maximum atomic E-state index is 6.08. The van der Waals surface area contributed by atoms with Crippen LogP contribution >= 0.6 is 11.6 Å². The van der Waals surface area contributed by atoms with Crippen LogP contribution < -0.4 is 10.5 Å². The van der Waals surface area contributed by atoms with Crippen LogP contribution in [0.25, 0.3) is 0 Å². The molecule has 0 aliphatic rings. The number of hydrogen-bond acceptors (Lipinski definition) is 2. The van der Waals surface area contributed by atoms with Crippen molar-refractivity contribution in [1.82, 2.24) is 0 Å². The first kappa shape index (κ1) is 11.3. The van der Waals surface area contributed by atoms with Crippen LogP contribution in [0, 0.1) is 13.8 Å². The Bertz CT molecular complexity index is 337. The Balaban J connectivity index is 3.27. The molecule has 0 aliphatic carbocycles. The van der Waals surface area contributed by atoms with Crippen molar-refractivity contribution in [3.63, 3.8) is 0 Å². The lowest BCUT2D eigenvalue weighted by Gasteiger charge is -2.14. The van der Waals surface area contributed by atoms with Crippen LogP contribution in [0.2, 0.25) is 5.02 Å². The fourth-order valence-corrected chi connectivity index (χ4v) is 1.84. The van der Waals surface area contributed by atoms with Crippen molar-refractivity contribution < 1.29 is 4.74 Å². The molecule has 3 heteroatoms. The molecule has 0 spiro atoms. The number of rotatable bonds is 3. The highest BCUT2D eigenvalue weighted by Crippen LogP contribution is 2.32. The minimum absolute atomic E-state index is 0.628. The average Bonchev–Trinajstić information content (AvgIpc) is 2.16. The molecule has 0 bridgehead atoms. The Hall–Kier alpha value is -0.730. The highest BCUT2D eigenvalue weighted by Gasteiger charge is 2.11. The molecule has 0 unspecified atom stereocenters. The van der Waals surface area contributed by atoms with Crippen LogP contribution in [0.15, 0.2) is 6.07 Å². The fraction of sp³-hybridized carbons (Fsp3) is 0.455. The van der Waals surface area contributed by atoms with Gasteiger partial charge in [-0.05, 0) is 44.0 Å². The fourth-order valence-electron chi connectivity index (χ4n) is 1.63. The summed E-state index contributed by atoms with van der Waals surface area (Å²) in [5, 5.41) is 0.746. The Morgan fingerprint density at radius 1 is 1.36 bits per heavy atom. The zero-order chi connectivity index (χ0) is 10.7. The molecule has 0 saturated carbocycles. The molecule has 0 saturated heterocycles. The minimum atomic E-state index is 0.628. The molecule has 0 amide bonds. The molecule has 14 heavy (non-hydrogen) atoms. The van der Waals surface area contributed by atoms with Gasteiger partial charge in [0.1, 0.15) is 5.75 Å². The van der Waals surface area contributed by atoms with Gasteiger partial charge in [0.25, 0.3) is 0 Å². The van der Waals surface area contributed by atoms with Gasteiger partial charge in [-0.15, -0.1) is 0 Å². The summed E-state index contributed by atoms with van der Waals surface area (Å²) in [4.78, 5) is 0. The van der Waals surface area contributed by atoms with E-state index in [0.717, 1.165) is 28.3 Å². The highest BCUT2D eigenvalue weighted by molar-refractivity contribution is 6.31. The van der Waals surface area contributed by atoms with Gasteiger partial charge in [-0.25, -0.2) is 0 Å². The normalized spacial score (nSPS) is 10.4. The summed E-state index contributed by atoms with van der Waals surface area (Å²) in [6, 6.07) is 1.97. The number of ether oxygens (including phenoxy) is 1. The van der Waals surface area contributed by atoms with Crippen molar-refractivity contribution in [2.75, 3.05) is 13.7 Å². The van der Waals surface area contributed by atoms with E-state index in [1.165, 1.54) is 5.56 Å². The van der Waals surface area contributed by atoms with E-state index in [4.69, 9.17) is 22.1 Å². The molecular formula is C11H16ClNO. The third-order valence-electron chi connectivity index (χ3n) is 2.44. The van der Waals surface area contributed by atoms with Crippen molar-refractivity contribution >= 4 is 11.6 Å². The van der Waals surface area contributed by atoms with Crippen molar-refractivity contribution in [3.05, 3.63) is 27.8 Å². The molecule has 2 nitrogen and oxygen atoms in total. The van der Waals surface area contributed by atoms with E-state index in [-0.39, 0.29) is 0 Å². The molecule has 78 valence electrons. The largest absolute Gasteiger partial charge is 0.496 e. The number of halogens is 1. The molecule has 1 rings (SSSR count). The number of methoxy groups -OCH3 is 1. The second kappa shape index (κ2) is 4.67. The summed E-state index contributed by atoms with van der Waals surface area (Å²) in [6.07, 6.45) is 0.836. The standard InChI is InChI=1S/C11H16ClNO/c1-7-9(4-5-13)6-10(12)8(2)11(7)14-3/h6H,4-5,13H2,1-3H3. The summed E-state index contributed by atoms with van der Waals surface area (Å²) in [5.41, 5.74) is 8.82. The Morgan fingerprint density at radius 2 is 2.00 bits per heavy atom. The van der Waals surface area contributed by atoms with E-state index in [0.29, 0.717) is 6.54 Å². The third-order valence-corrected chi connectivity index (χ3v) is 2.83. The number of hydrogen-bond donors (Lipinski definition) is 1. The summed E-state index contributed by atoms with van der Waals surface area (Å²) in [6.45, 7) is 4.62. The minimum Gasteiger partial charge on any atom is -0.496 e. The molecule has 0 atom stereocenters. The molecule has 0 heterocycles. The van der Waals surface area contributed by atoms with Gasteiger partial charge in [0.05, 0.1) is 7.11 Å². The van der Waals surface area contributed by atoms with E-state index >= 15 is 0 Å². The molecular weight excluding hydrogens is 198 g/mol. The SMILES string of the molecule is COc1c(C)c(Cl)cc(CCN)c1C. The van der Waals surface area contributed by atoms with Crippen LogP contribution in [-0.4, -0.2) is 13.7 Å². The van der Waals surface area contributed by atoms with E-state index in [1.807, 2.05) is 19.9 Å². The van der Waals surface area contributed by atoms with Gasteiger partial charge in [0.2, 0.25) is 0 Å². The second-order valence-electron chi connectivity index (χ2n) is 3.34. The van der Waals surface area contributed by atoms with Gasteiger partial charge in [0.15, 0.2) is 0 Å². The van der Waals surface area contributed by atoms with Crippen molar-refractivity contribution in [2.24, 2.45) is 5.73 Å². The van der Waals surface area contributed by atoms with Gasteiger partial charge in [-0.1, -0.05) is 11.6 Å². The summed E-state index contributed by atoms with van der Waals surface area (Å²) < 4.78 is 5.32. The lowest BCUT2D eigenvalue weighted by atomic mass is 10.0. The van der Waals surface area contributed by atoms with Crippen molar-refractivity contribution in [1.29, 1.82) is 0 Å². The van der Waals surface area contributed by atoms with Crippen LogP contribution in [0.4, 0.5) is 0 Å². The zero-order valence-corrected chi connectivity index (χ0v) is 9.61. The first-order valence-corrected chi connectivity index (χ1v) is 5.02. The molecule has 0 aliphatic heterocycles. The van der Waals surface area contributed by atoms with Gasteiger partial charge in [-0.3, -0.25) is 0 Å². The van der Waals surface area contributed by atoms with Gasteiger partial charge >= 0.3 is 0 Å². The molecule has 0 fully saturated rings.